The van der Waals surface area contributed by atoms with Gasteiger partial charge in [0.1, 0.15) is 5.75 Å². The zero-order valence-electron chi connectivity index (χ0n) is 16.5. The van der Waals surface area contributed by atoms with Crippen molar-refractivity contribution in [3.8, 4) is 5.75 Å². The van der Waals surface area contributed by atoms with Gasteiger partial charge < -0.3 is 5.11 Å². The molecule has 0 amide bonds. The van der Waals surface area contributed by atoms with Gasteiger partial charge >= 0.3 is 0 Å². The van der Waals surface area contributed by atoms with Crippen molar-refractivity contribution in [3.05, 3.63) is 42.0 Å². The van der Waals surface area contributed by atoms with E-state index >= 15 is 0 Å². The van der Waals surface area contributed by atoms with Gasteiger partial charge in [-0.2, -0.15) is 0 Å². The average Bonchev–Trinajstić information content (AvgIpc) is 2.63. The fraction of sp³-hybridized carbons (Fsp3) is 0.667. The average molecular weight is 345 g/mol. The van der Waals surface area contributed by atoms with Crippen LogP contribution in [-0.4, -0.2) is 5.11 Å². The lowest BCUT2D eigenvalue weighted by molar-refractivity contribution is 0.466. The summed E-state index contributed by atoms with van der Waals surface area (Å²) in [4.78, 5) is 0. The van der Waals surface area contributed by atoms with Crippen LogP contribution in [0.4, 0.5) is 0 Å². The maximum atomic E-state index is 9.73. The van der Waals surface area contributed by atoms with E-state index < -0.39 is 0 Å². The predicted octanol–water partition coefficient (Wildman–Crippen LogP) is 7.97. The molecule has 1 aromatic carbocycles. The molecule has 0 aromatic heterocycles. The van der Waals surface area contributed by atoms with Crippen LogP contribution in [0.1, 0.15) is 102 Å². The minimum absolute atomic E-state index is 0.454. The summed E-state index contributed by atoms with van der Waals surface area (Å²) in [5.41, 5.74) is 1.10. The Morgan fingerprint density at radius 1 is 0.680 bits per heavy atom. The highest BCUT2D eigenvalue weighted by molar-refractivity contribution is 5.31. The van der Waals surface area contributed by atoms with Crippen molar-refractivity contribution in [3.63, 3.8) is 0 Å². The summed E-state index contributed by atoms with van der Waals surface area (Å²) < 4.78 is 0. The van der Waals surface area contributed by atoms with E-state index in [-0.39, 0.29) is 0 Å². The van der Waals surface area contributed by atoms with Crippen LogP contribution in [-0.2, 0) is 6.42 Å². The summed E-state index contributed by atoms with van der Waals surface area (Å²) in [7, 11) is 0. The highest BCUT2D eigenvalue weighted by Gasteiger charge is 1.99. The molecule has 0 unspecified atom stereocenters. The predicted molar refractivity (Wildman–Crippen MR) is 111 cm³/mol. The second-order valence-electron chi connectivity index (χ2n) is 7.32. The normalized spacial score (nSPS) is 11.4. The van der Waals surface area contributed by atoms with Crippen LogP contribution < -0.4 is 0 Å². The summed E-state index contributed by atoms with van der Waals surface area (Å²) in [5.74, 6) is 0.454. The van der Waals surface area contributed by atoms with E-state index in [4.69, 9.17) is 0 Å². The van der Waals surface area contributed by atoms with Gasteiger partial charge in [0.05, 0.1) is 0 Å². The van der Waals surface area contributed by atoms with Gasteiger partial charge in [0.15, 0.2) is 0 Å². The summed E-state index contributed by atoms with van der Waals surface area (Å²) in [6.07, 6.45) is 24.6. The zero-order valence-corrected chi connectivity index (χ0v) is 16.5. The third kappa shape index (κ3) is 12.7. The largest absolute Gasteiger partial charge is 0.508 e. The van der Waals surface area contributed by atoms with Crippen molar-refractivity contribution in [2.75, 3.05) is 0 Å². The topological polar surface area (TPSA) is 20.2 Å². The SMILES string of the molecule is CCCCCCCC/C=C/CCCCCCCCc1ccccc1O. The molecule has 1 rings (SSSR count). The third-order valence-corrected chi connectivity index (χ3v) is 4.95. The molecule has 0 heterocycles. The number of unbranched alkanes of at least 4 members (excludes halogenated alkanes) is 12. The number of hydrogen-bond acceptors (Lipinski definition) is 1. The van der Waals surface area contributed by atoms with Gasteiger partial charge in [-0.1, -0.05) is 95.1 Å². The van der Waals surface area contributed by atoms with E-state index in [1.165, 1.54) is 89.9 Å². The molecule has 142 valence electrons. The highest BCUT2D eigenvalue weighted by atomic mass is 16.3. The first-order valence-corrected chi connectivity index (χ1v) is 10.8. The highest BCUT2D eigenvalue weighted by Crippen LogP contribution is 2.19. The van der Waals surface area contributed by atoms with E-state index in [1.54, 1.807) is 6.07 Å². The number of hydrogen-bond donors (Lipinski definition) is 1. The first-order valence-electron chi connectivity index (χ1n) is 10.8. The van der Waals surface area contributed by atoms with Crippen LogP contribution >= 0.6 is 0 Å². The van der Waals surface area contributed by atoms with Gasteiger partial charge in [-0.25, -0.2) is 0 Å². The number of aryl methyl sites for hydroxylation is 1. The molecule has 0 spiro atoms. The summed E-state index contributed by atoms with van der Waals surface area (Å²) >= 11 is 0. The fourth-order valence-corrected chi connectivity index (χ4v) is 3.29. The summed E-state index contributed by atoms with van der Waals surface area (Å²) in [5, 5.41) is 9.73. The van der Waals surface area contributed by atoms with E-state index in [1.807, 2.05) is 18.2 Å². The van der Waals surface area contributed by atoms with Crippen LogP contribution in [0.25, 0.3) is 0 Å². The van der Waals surface area contributed by atoms with Crippen LogP contribution in [0, 0.1) is 0 Å². The van der Waals surface area contributed by atoms with E-state index in [0.717, 1.165) is 12.0 Å². The lowest BCUT2D eigenvalue weighted by Gasteiger charge is -2.04. The van der Waals surface area contributed by atoms with Crippen molar-refractivity contribution in [2.24, 2.45) is 0 Å². The Bertz CT molecular complexity index is 435. The number of benzene rings is 1. The van der Waals surface area contributed by atoms with Crippen molar-refractivity contribution in [2.45, 2.75) is 103 Å². The Balaban J connectivity index is 1.81. The van der Waals surface area contributed by atoms with E-state index in [2.05, 4.69) is 19.1 Å². The second kappa shape index (κ2) is 16.2. The van der Waals surface area contributed by atoms with Crippen LogP contribution in [0.3, 0.4) is 0 Å². The molecule has 1 N–H and O–H groups in total. The van der Waals surface area contributed by atoms with Gasteiger partial charge in [-0.15, -0.1) is 0 Å². The first-order chi connectivity index (χ1) is 12.3. The van der Waals surface area contributed by atoms with Crippen molar-refractivity contribution >= 4 is 0 Å². The summed E-state index contributed by atoms with van der Waals surface area (Å²) in [6.45, 7) is 2.28. The molecule has 1 heteroatoms. The quantitative estimate of drug-likeness (QED) is 0.238. The molecule has 0 fully saturated rings. The van der Waals surface area contributed by atoms with Gasteiger partial charge in [0.25, 0.3) is 0 Å². The molecule has 25 heavy (non-hydrogen) atoms. The molecule has 0 bridgehead atoms. The standard InChI is InChI=1S/C24H40O/c1-2-3-4-5-6-7-8-9-10-11-12-13-14-15-16-17-20-23-21-18-19-22-24(23)25/h9-10,18-19,21-22,25H,2-8,11-17,20H2,1H3/b10-9+. The van der Waals surface area contributed by atoms with Gasteiger partial charge in [0.2, 0.25) is 0 Å². The van der Waals surface area contributed by atoms with Crippen LogP contribution in [0.15, 0.2) is 36.4 Å². The van der Waals surface area contributed by atoms with Crippen LogP contribution in [0.2, 0.25) is 0 Å². The molecular formula is C24H40O. The Labute approximate surface area is 156 Å². The molecule has 0 saturated heterocycles. The minimum Gasteiger partial charge on any atom is -0.508 e. The lowest BCUT2D eigenvalue weighted by atomic mass is 10.0. The number of phenols is 1. The molecule has 1 aromatic rings. The van der Waals surface area contributed by atoms with E-state index in [9.17, 15) is 5.11 Å². The molecule has 0 radical (unpaired) electrons. The van der Waals surface area contributed by atoms with Gasteiger partial charge in [0, 0.05) is 0 Å². The maximum absolute atomic E-state index is 9.73. The fourth-order valence-electron chi connectivity index (χ4n) is 3.29. The number of allylic oxidation sites excluding steroid dienone is 2. The van der Waals surface area contributed by atoms with Crippen molar-refractivity contribution in [1.29, 1.82) is 0 Å². The Kier molecular flexibility index (Phi) is 14.2. The minimum atomic E-state index is 0.454. The number of aromatic hydroxyl groups is 1. The summed E-state index contributed by atoms with van der Waals surface area (Å²) in [6, 6.07) is 7.72. The molecule has 0 aliphatic carbocycles. The maximum Gasteiger partial charge on any atom is 0.118 e. The lowest BCUT2D eigenvalue weighted by Crippen LogP contribution is -1.87. The number of rotatable bonds is 16. The third-order valence-electron chi connectivity index (χ3n) is 4.95. The Morgan fingerprint density at radius 3 is 1.80 bits per heavy atom. The molecular weight excluding hydrogens is 304 g/mol. The van der Waals surface area contributed by atoms with E-state index in [0.29, 0.717) is 5.75 Å². The number of phenolic OH excluding ortho intramolecular Hbond substituents is 1. The monoisotopic (exact) mass is 344 g/mol. The molecule has 0 aliphatic rings. The zero-order chi connectivity index (χ0) is 18.0. The smallest absolute Gasteiger partial charge is 0.118 e. The number of para-hydroxylation sites is 1. The first kappa shape index (κ1) is 21.8. The van der Waals surface area contributed by atoms with Gasteiger partial charge in [-0.3, -0.25) is 0 Å². The molecule has 0 atom stereocenters. The second-order valence-corrected chi connectivity index (χ2v) is 7.32. The van der Waals surface area contributed by atoms with Crippen molar-refractivity contribution in [1.82, 2.24) is 0 Å². The Morgan fingerprint density at radius 2 is 1.20 bits per heavy atom. The van der Waals surface area contributed by atoms with Crippen LogP contribution in [0.5, 0.6) is 5.75 Å². The molecule has 1 nitrogen and oxygen atoms in total. The van der Waals surface area contributed by atoms with Gasteiger partial charge in [-0.05, 0) is 50.2 Å². The Hall–Kier alpha value is -1.24. The van der Waals surface area contributed by atoms with Crippen molar-refractivity contribution < 1.29 is 5.11 Å². The molecule has 0 saturated carbocycles. The molecule has 0 aliphatic heterocycles.